The number of hydrogen-bond donors (Lipinski definition) is 2. The number of rotatable bonds is 8. The van der Waals surface area contributed by atoms with Gasteiger partial charge in [-0.1, -0.05) is 0 Å². The second-order valence-corrected chi connectivity index (χ2v) is 5.81. The van der Waals surface area contributed by atoms with E-state index in [9.17, 15) is 4.79 Å². The van der Waals surface area contributed by atoms with Gasteiger partial charge in [0.2, 0.25) is 5.91 Å². The minimum absolute atomic E-state index is 0.0233. The fraction of sp³-hybridized carbons (Fsp3) is 0.667. The first kappa shape index (κ1) is 15.6. The fourth-order valence-electron chi connectivity index (χ4n) is 2.57. The molecule has 1 amide bonds. The Morgan fingerprint density at radius 2 is 2.35 bits per heavy atom. The summed E-state index contributed by atoms with van der Waals surface area (Å²) in [6.45, 7) is 1.08. The van der Waals surface area contributed by atoms with Crippen LogP contribution < -0.4 is 5.32 Å². The van der Waals surface area contributed by atoms with Crippen LogP contribution in [0.2, 0.25) is 0 Å². The molecule has 0 aromatic carbocycles. The highest BCUT2D eigenvalue weighted by Gasteiger charge is 2.39. The zero-order chi connectivity index (χ0) is 16.1. The topological polar surface area (TPSA) is 105 Å². The second kappa shape index (κ2) is 6.87. The maximum Gasteiger partial charge on any atom is 0.220 e. The quantitative estimate of drug-likeness (QED) is 0.711. The molecule has 3 rings (SSSR count). The van der Waals surface area contributed by atoms with Gasteiger partial charge in [-0.2, -0.15) is 15.3 Å². The largest absolute Gasteiger partial charge is 0.370 e. The smallest absolute Gasteiger partial charge is 0.220 e. The average molecular weight is 316 g/mol. The van der Waals surface area contributed by atoms with E-state index < -0.39 is 5.66 Å². The third-order valence-corrected chi connectivity index (χ3v) is 4.02. The number of nitrogens with one attached hydrogen (secondary N) is 2. The zero-order valence-corrected chi connectivity index (χ0v) is 12.9. The van der Waals surface area contributed by atoms with Crippen molar-refractivity contribution in [3.8, 4) is 12.3 Å². The summed E-state index contributed by atoms with van der Waals surface area (Å²) >= 11 is 0. The van der Waals surface area contributed by atoms with Crippen LogP contribution in [0.1, 0.15) is 56.3 Å². The van der Waals surface area contributed by atoms with Crippen molar-refractivity contribution in [1.29, 1.82) is 0 Å². The standard InChI is InChI=1S/C15H20N6O2/c1-2-3-7-15(20-21-15)8-6-13(22)16-10-12-17-14(19-18-12)11-5-4-9-23-11/h1,11H,3-10H2,(H,16,22)(H,17,18,19). The van der Waals surface area contributed by atoms with E-state index in [2.05, 4.69) is 36.6 Å². The minimum Gasteiger partial charge on any atom is -0.370 e. The van der Waals surface area contributed by atoms with Gasteiger partial charge in [0.15, 0.2) is 11.5 Å². The summed E-state index contributed by atoms with van der Waals surface area (Å²) in [5, 5.41) is 17.8. The molecule has 1 saturated heterocycles. The number of nitrogens with zero attached hydrogens (tertiary/aromatic N) is 4. The molecule has 1 fully saturated rings. The zero-order valence-electron chi connectivity index (χ0n) is 12.9. The van der Waals surface area contributed by atoms with Gasteiger partial charge in [-0.3, -0.25) is 9.89 Å². The summed E-state index contributed by atoms with van der Waals surface area (Å²) in [5.41, 5.74) is -0.414. The third-order valence-electron chi connectivity index (χ3n) is 4.02. The molecule has 3 heterocycles. The first-order valence-electron chi connectivity index (χ1n) is 7.88. The number of carbonyl (C=O) groups is 1. The van der Waals surface area contributed by atoms with E-state index in [0.717, 1.165) is 19.4 Å². The van der Waals surface area contributed by atoms with Crippen molar-refractivity contribution < 1.29 is 9.53 Å². The third kappa shape index (κ3) is 4.13. The van der Waals surface area contributed by atoms with Crippen molar-refractivity contribution in [2.24, 2.45) is 10.2 Å². The predicted molar refractivity (Wildman–Crippen MR) is 81.0 cm³/mol. The Morgan fingerprint density at radius 1 is 1.48 bits per heavy atom. The Labute approximate surface area is 134 Å². The average Bonchev–Trinajstić information content (AvgIpc) is 2.96. The van der Waals surface area contributed by atoms with Gasteiger partial charge in [0.25, 0.3) is 0 Å². The van der Waals surface area contributed by atoms with Crippen molar-refractivity contribution in [2.75, 3.05) is 6.61 Å². The molecule has 0 saturated carbocycles. The molecule has 23 heavy (non-hydrogen) atoms. The number of ether oxygens (including phenoxy) is 1. The molecule has 8 heteroatoms. The van der Waals surface area contributed by atoms with Gasteiger partial charge in [-0.25, -0.2) is 4.98 Å². The van der Waals surface area contributed by atoms with Crippen LogP contribution in [-0.4, -0.2) is 33.4 Å². The number of aromatic nitrogens is 3. The molecule has 2 aliphatic heterocycles. The van der Waals surface area contributed by atoms with Crippen LogP contribution in [-0.2, 0) is 16.1 Å². The van der Waals surface area contributed by atoms with E-state index in [1.54, 1.807) is 0 Å². The van der Waals surface area contributed by atoms with Crippen LogP contribution in [0.3, 0.4) is 0 Å². The molecular formula is C15H20N6O2. The lowest BCUT2D eigenvalue weighted by Crippen LogP contribution is -2.25. The lowest BCUT2D eigenvalue weighted by atomic mass is 10.0. The summed E-state index contributed by atoms with van der Waals surface area (Å²) in [5.74, 6) is 3.81. The predicted octanol–water partition coefficient (Wildman–Crippen LogP) is 1.63. The van der Waals surface area contributed by atoms with E-state index in [-0.39, 0.29) is 12.0 Å². The van der Waals surface area contributed by atoms with Gasteiger partial charge in [0, 0.05) is 32.3 Å². The van der Waals surface area contributed by atoms with Crippen LogP contribution in [0.5, 0.6) is 0 Å². The fourth-order valence-corrected chi connectivity index (χ4v) is 2.57. The molecular weight excluding hydrogens is 296 g/mol. The van der Waals surface area contributed by atoms with Gasteiger partial charge < -0.3 is 10.1 Å². The van der Waals surface area contributed by atoms with E-state index in [0.29, 0.717) is 43.9 Å². The van der Waals surface area contributed by atoms with Gasteiger partial charge in [0.05, 0.1) is 6.54 Å². The Bertz CT molecular complexity index is 620. The molecule has 0 aliphatic carbocycles. The first-order chi connectivity index (χ1) is 11.2. The summed E-state index contributed by atoms with van der Waals surface area (Å²) in [4.78, 5) is 16.3. The number of hydrogen-bond acceptors (Lipinski definition) is 6. The highest BCUT2D eigenvalue weighted by atomic mass is 16.5. The van der Waals surface area contributed by atoms with Gasteiger partial charge in [0.1, 0.15) is 11.9 Å². The van der Waals surface area contributed by atoms with Crippen molar-refractivity contribution in [2.45, 2.75) is 56.8 Å². The van der Waals surface area contributed by atoms with Crippen LogP contribution in [0.4, 0.5) is 0 Å². The number of carbonyl (C=O) groups excluding carboxylic acids is 1. The molecule has 1 aromatic heterocycles. The van der Waals surface area contributed by atoms with E-state index >= 15 is 0 Å². The molecule has 0 radical (unpaired) electrons. The molecule has 0 spiro atoms. The molecule has 122 valence electrons. The molecule has 1 unspecified atom stereocenters. The lowest BCUT2D eigenvalue weighted by molar-refractivity contribution is -0.121. The van der Waals surface area contributed by atoms with Crippen LogP contribution in [0.15, 0.2) is 10.2 Å². The van der Waals surface area contributed by atoms with Crippen molar-refractivity contribution in [3.63, 3.8) is 0 Å². The SMILES string of the molecule is C#CCCC1(CCC(=O)NCc2nc(C3CCCO3)n[nH]2)N=N1. The van der Waals surface area contributed by atoms with Gasteiger partial charge >= 0.3 is 0 Å². The highest BCUT2D eigenvalue weighted by molar-refractivity contribution is 5.75. The van der Waals surface area contributed by atoms with Crippen molar-refractivity contribution in [3.05, 3.63) is 11.6 Å². The van der Waals surface area contributed by atoms with Crippen LogP contribution in [0.25, 0.3) is 0 Å². The van der Waals surface area contributed by atoms with Crippen molar-refractivity contribution in [1.82, 2.24) is 20.5 Å². The molecule has 1 aromatic rings. The minimum atomic E-state index is -0.414. The van der Waals surface area contributed by atoms with E-state index in [1.165, 1.54) is 0 Å². The summed E-state index contributed by atoms with van der Waals surface area (Å²) in [6.07, 6.45) is 9.49. The molecule has 0 bridgehead atoms. The van der Waals surface area contributed by atoms with Gasteiger partial charge in [-0.15, -0.1) is 12.3 Å². The Kier molecular flexibility index (Phi) is 4.67. The maximum atomic E-state index is 11.9. The molecule has 2 N–H and O–H groups in total. The van der Waals surface area contributed by atoms with Crippen LogP contribution >= 0.6 is 0 Å². The van der Waals surface area contributed by atoms with Crippen LogP contribution in [0, 0.1) is 12.3 Å². The number of aromatic amines is 1. The van der Waals surface area contributed by atoms with Crippen molar-refractivity contribution >= 4 is 5.91 Å². The number of H-pyrrole nitrogens is 1. The highest BCUT2D eigenvalue weighted by Crippen LogP contribution is 2.37. The van der Waals surface area contributed by atoms with E-state index in [1.807, 2.05) is 0 Å². The number of amides is 1. The second-order valence-electron chi connectivity index (χ2n) is 5.81. The number of terminal acetylenes is 1. The van der Waals surface area contributed by atoms with E-state index in [4.69, 9.17) is 11.2 Å². The Balaban J connectivity index is 1.38. The lowest BCUT2D eigenvalue weighted by Gasteiger charge is -2.08. The first-order valence-corrected chi connectivity index (χ1v) is 7.88. The summed E-state index contributed by atoms with van der Waals surface area (Å²) < 4.78 is 5.53. The molecule has 1 atom stereocenters. The monoisotopic (exact) mass is 316 g/mol. The normalized spacial score (nSPS) is 21.1. The molecule has 8 nitrogen and oxygen atoms in total. The maximum absolute atomic E-state index is 11.9. The van der Waals surface area contributed by atoms with Gasteiger partial charge in [-0.05, 0) is 12.8 Å². The Hall–Kier alpha value is -2.27. The summed E-state index contributed by atoms with van der Waals surface area (Å²) in [6, 6.07) is 0. The molecule has 2 aliphatic rings. The Morgan fingerprint density at radius 3 is 3.04 bits per heavy atom. The summed E-state index contributed by atoms with van der Waals surface area (Å²) in [7, 11) is 0.